The van der Waals surface area contributed by atoms with E-state index >= 15 is 0 Å². The van der Waals surface area contributed by atoms with Crippen molar-refractivity contribution in [2.45, 2.75) is 0 Å². The lowest BCUT2D eigenvalue weighted by Crippen LogP contribution is -1.90. The summed E-state index contributed by atoms with van der Waals surface area (Å²) in [4.78, 5) is 0. The summed E-state index contributed by atoms with van der Waals surface area (Å²) in [5.74, 6) is 0.261. The van der Waals surface area contributed by atoms with Gasteiger partial charge in [0.2, 0.25) is 0 Å². The van der Waals surface area contributed by atoms with Gasteiger partial charge in [0.05, 0.1) is 0 Å². The zero-order valence-electron chi connectivity index (χ0n) is 16.2. The molecule has 2 heteroatoms. The molecule has 1 heterocycles. The van der Waals surface area contributed by atoms with Crippen molar-refractivity contribution in [2.24, 2.45) is 0 Å². The van der Waals surface area contributed by atoms with Crippen LogP contribution in [0.15, 0.2) is 108 Å². The Morgan fingerprint density at radius 2 is 1.17 bits per heavy atom. The van der Waals surface area contributed by atoms with E-state index in [1.165, 1.54) is 0 Å². The number of furan rings is 1. The molecule has 1 N–H and O–H groups in total. The van der Waals surface area contributed by atoms with Gasteiger partial charge in [0.15, 0.2) is 0 Å². The van der Waals surface area contributed by atoms with Gasteiger partial charge in [-0.05, 0) is 28.6 Å². The van der Waals surface area contributed by atoms with E-state index in [0.717, 1.165) is 55.0 Å². The second kappa shape index (κ2) is 6.50. The van der Waals surface area contributed by atoms with E-state index in [2.05, 4.69) is 48.5 Å². The van der Waals surface area contributed by atoms with Crippen molar-refractivity contribution >= 4 is 32.7 Å². The normalized spacial score (nSPS) is 11.5. The summed E-state index contributed by atoms with van der Waals surface area (Å²) in [6, 6.07) is 34.4. The Kier molecular flexibility index (Phi) is 3.65. The summed E-state index contributed by atoms with van der Waals surface area (Å²) in [6.07, 6.45) is 0. The zero-order chi connectivity index (χ0) is 20.1. The molecule has 0 spiro atoms. The SMILES string of the molecule is Oc1ccccc1-c1c(-c2ccccc2)c2ccccc2c2oc3ccccc3c12. The lowest BCUT2D eigenvalue weighted by atomic mass is 9.86. The van der Waals surface area contributed by atoms with Crippen LogP contribution in [0.3, 0.4) is 0 Å². The smallest absolute Gasteiger partial charge is 0.143 e. The average molecular weight is 386 g/mol. The van der Waals surface area contributed by atoms with Gasteiger partial charge < -0.3 is 9.52 Å². The first-order chi connectivity index (χ1) is 14.8. The third-order valence-corrected chi connectivity index (χ3v) is 5.77. The Balaban J connectivity index is 1.96. The molecule has 0 aliphatic heterocycles. The number of hydrogen-bond acceptors (Lipinski definition) is 2. The molecule has 0 amide bonds. The molecule has 1 aromatic heterocycles. The Hall–Kier alpha value is -4.04. The van der Waals surface area contributed by atoms with Crippen LogP contribution in [-0.2, 0) is 0 Å². The third kappa shape index (κ3) is 2.37. The van der Waals surface area contributed by atoms with E-state index in [9.17, 15) is 5.11 Å². The van der Waals surface area contributed by atoms with Gasteiger partial charge in [-0.1, -0.05) is 91.0 Å². The number of benzene rings is 5. The van der Waals surface area contributed by atoms with E-state index in [0.29, 0.717) is 0 Å². The van der Waals surface area contributed by atoms with Crippen molar-refractivity contribution in [1.82, 2.24) is 0 Å². The summed E-state index contributed by atoms with van der Waals surface area (Å²) in [5, 5.41) is 15.1. The van der Waals surface area contributed by atoms with Gasteiger partial charge in [0.1, 0.15) is 16.9 Å². The Morgan fingerprint density at radius 1 is 0.533 bits per heavy atom. The Labute approximate surface area is 173 Å². The highest BCUT2D eigenvalue weighted by atomic mass is 16.3. The predicted molar refractivity (Wildman–Crippen MR) is 124 cm³/mol. The molecular formula is C28H18O2. The molecule has 0 radical (unpaired) electrons. The number of rotatable bonds is 2. The van der Waals surface area contributed by atoms with Crippen LogP contribution in [0.1, 0.15) is 0 Å². The van der Waals surface area contributed by atoms with Gasteiger partial charge in [-0.25, -0.2) is 0 Å². The zero-order valence-corrected chi connectivity index (χ0v) is 16.2. The minimum atomic E-state index is 0.261. The first-order valence-electron chi connectivity index (χ1n) is 10.0. The van der Waals surface area contributed by atoms with Crippen molar-refractivity contribution in [1.29, 1.82) is 0 Å². The monoisotopic (exact) mass is 386 g/mol. The number of hydrogen-bond donors (Lipinski definition) is 1. The fourth-order valence-corrected chi connectivity index (χ4v) is 4.50. The minimum absolute atomic E-state index is 0.261. The maximum absolute atomic E-state index is 10.8. The summed E-state index contributed by atoms with van der Waals surface area (Å²) < 4.78 is 6.38. The molecule has 0 saturated carbocycles. The van der Waals surface area contributed by atoms with Crippen molar-refractivity contribution in [2.75, 3.05) is 0 Å². The van der Waals surface area contributed by atoms with Gasteiger partial charge in [-0.15, -0.1) is 0 Å². The van der Waals surface area contributed by atoms with Gasteiger partial charge in [0.25, 0.3) is 0 Å². The second-order valence-electron chi connectivity index (χ2n) is 7.48. The molecule has 142 valence electrons. The van der Waals surface area contributed by atoms with E-state index in [4.69, 9.17) is 4.42 Å². The molecular weight excluding hydrogens is 368 g/mol. The second-order valence-corrected chi connectivity index (χ2v) is 7.48. The summed E-state index contributed by atoms with van der Waals surface area (Å²) in [5.41, 5.74) is 5.71. The maximum atomic E-state index is 10.8. The number of phenolic OH excluding ortho intramolecular Hbond substituents is 1. The molecule has 2 nitrogen and oxygen atoms in total. The van der Waals surface area contributed by atoms with Gasteiger partial charge in [-0.3, -0.25) is 0 Å². The molecule has 0 aliphatic carbocycles. The highest BCUT2D eigenvalue weighted by Crippen LogP contribution is 2.49. The molecule has 30 heavy (non-hydrogen) atoms. The van der Waals surface area contributed by atoms with Gasteiger partial charge >= 0.3 is 0 Å². The van der Waals surface area contributed by atoms with Crippen LogP contribution in [-0.4, -0.2) is 5.11 Å². The molecule has 5 aromatic carbocycles. The lowest BCUT2D eigenvalue weighted by molar-refractivity contribution is 0.477. The Bertz CT molecular complexity index is 1540. The highest BCUT2D eigenvalue weighted by Gasteiger charge is 2.23. The van der Waals surface area contributed by atoms with E-state index in [1.807, 2.05) is 48.5 Å². The molecule has 6 aromatic rings. The topological polar surface area (TPSA) is 33.4 Å². The molecule has 0 saturated heterocycles. The number of phenols is 1. The number of aromatic hydroxyl groups is 1. The van der Waals surface area contributed by atoms with Crippen LogP contribution in [0.5, 0.6) is 5.75 Å². The first kappa shape index (κ1) is 16.9. The molecule has 0 fully saturated rings. The predicted octanol–water partition coefficient (Wildman–Crippen LogP) is 7.78. The number of fused-ring (bicyclic) bond motifs is 5. The highest BCUT2D eigenvalue weighted by molar-refractivity contribution is 6.27. The maximum Gasteiger partial charge on any atom is 0.143 e. The van der Waals surface area contributed by atoms with Crippen LogP contribution in [0.2, 0.25) is 0 Å². The van der Waals surface area contributed by atoms with Crippen LogP contribution in [0, 0.1) is 0 Å². The summed E-state index contributed by atoms with van der Waals surface area (Å²) in [6.45, 7) is 0. The van der Waals surface area contributed by atoms with E-state index < -0.39 is 0 Å². The Morgan fingerprint density at radius 3 is 1.97 bits per heavy atom. The van der Waals surface area contributed by atoms with Crippen molar-refractivity contribution in [3.05, 3.63) is 103 Å². The van der Waals surface area contributed by atoms with Gasteiger partial charge in [0, 0.05) is 27.3 Å². The largest absolute Gasteiger partial charge is 0.507 e. The van der Waals surface area contributed by atoms with Crippen molar-refractivity contribution in [3.63, 3.8) is 0 Å². The lowest BCUT2D eigenvalue weighted by Gasteiger charge is -2.17. The third-order valence-electron chi connectivity index (χ3n) is 5.77. The summed E-state index contributed by atoms with van der Waals surface area (Å²) in [7, 11) is 0. The molecule has 0 bridgehead atoms. The molecule has 0 unspecified atom stereocenters. The number of para-hydroxylation sites is 2. The fourth-order valence-electron chi connectivity index (χ4n) is 4.50. The molecule has 6 rings (SSSR count). The van der Waals surface area contributed by atoms with Gasteiger partial charge in [-0.2, -0.15) is 0 Å². The fraction of sp³-hybridized carbons (Fsp3) is 0. The van der Waals surface area contributed by atoms with Crippen LogP contribution < -0.4 is 0 Å². The van der Waals surface area contributed by atoms with E-state index in [1.54, 1.807) is 6.07 Å². The minimum Gasteiger partial charge on any atom is -0.507 e. The average Bonchev–Trinajstić information content (AvgIpc) is 3.19. The van der Waals surface area contributed by atoms with E-state index in [-0.39, 0.29) is 5.75 Å². The van der Waals surface area contributed by atoms with Crippen LogP contribution in [0.4, 0.5) is 0 Å². The van der Waals surface area contributed by atoms with Crippen molar-refractivity contribution < 1.29 is 9.52 Å². The molecule has 0 atom stereocenters. The standard InChI is InChI=1S/C28H18O2/c29-23-16-8-6-14-21(23)26-25(18-10-2-1-3-11-18)19-12-4-5-13-20(19)28-27(26)22-15-7-9-17-24(22)30-28/h1-17,29H. The van der Waals surface area contributed by atoms with Crippen molar-refractivity contribution in [3.8, 4) is 28.0 Å². The molecule has 0 aliphatic rings. The quantitative estimate of drug-likeness (QED) is 0.330. The van der Waals surface area contributed by atoms with Crippen LogP contribution >= 0.6 is 0 Å². The van der Waals surface area contributed by atoms with Crippen LogP contribution in [0.25, 0.3) is 55.0 Å². The summed E-state index contributed by atoms with van der Waals surface area (Å²) >= 11 is 0. The first-order valence-corrected chi connectivity index (χ1v) is 10.0.